The average molecular weight is 527 g/mol. The minimum Gasteiger partial charge on any atom is -0.478 e. The number of carboxylic acid groups (broad SMARTS) is 1. The van der Waals surface area contributed by atoms with Gasteiger partial charge in [0.15, 0.2) is 0 Å². The Balaban J connectivity index is 1.50. The third kappa shape index (κ3) is 7.94. The van der Waals surface area contributed by atoms with Crippen molar-refractivity contribution in [2.24, 2.45) is 0 Å². The van der Waals surface area contributed by atoms with Crippen LogP contribution in [-0.2, 0) is 13.0 Å². The molecule has 1 fully saturated rings. The molecule has 6 heteroatoms. The van der Waals surface area contributed by atoms with Crippen LogP contribution in [0.4, 0.5) is 14.9 Å². The van der Waals surface area contributed by atoms with Crippen molar-refractivity contribution in [3.63, 3.8) is 0 Å². The first-order chi connectivity index (χ1) is 18.9. The van der Waals surface area contributed by atoms with Crippen LogP contribution in [0.3, 0.4) is 0 Å². The molecule has 3 aromatic carbocycles. The molecule has 0 heterocycles. The number of nitrogens with one attached hydrogen (secondary N) is 1. The van der Waals surface area contributed by atoms with Crippen molar-refractivity contribution < 1.29 is 19.1 Å². The number of urea groups is 1. The Labute approximate surface area is 230 Å². The van der Waals surface area contributed by atoms with Gasteiger partial charge in [-0.1, -0.05) is 68.7 Å². The van der Waals surface area contributed by atoms with Crippen LogP contribution in [0.1, 0.15) is 84.5 Å². The third-order valence-corrected chi connectivity index (χ3v) is 7.09. The zero-order chi connectivity index (χ0) is 27.6. The second-order valence-corrected chi connectivity index (χ2v) is 10.1. The van der Waals surface area contributed by atoms with Gasteiger partial charge in [0.2, 0.25) is 0 Å². The zero-order valence-electron chi connectivity index (χ0n) is 22.4. The highest BCUT2D eigenvalue weighted by Gasteiger charge is 2.23. The lowest BCUT2D eigenvalue weighted by Gasteiger charge is -2.29. The van der Waals surface area contributed by atoms with E-state index >= 15 is 0 Å². The molecule has 0 radical (unpaired) electrons. The van der Waals surface area contributed by atoms with Gasteiger partial charge in [0.25, 0.3) is 0 Å². The van der Waals surface area contributed by atoms with Crippen molar-refractivity contribution in [1.29, 1.82) is 0 Å². The van der Waals surface area contributed by atoms with Crippen LogP contribution in [0.2, 0.25) is 0 Å². The molecule has 2 N–H and O–H groups in total. The molecule has 2 amide bonds. The highest BCUT2D eigenvalue weighted by molar-refractivity contribution is 5.95. The predicted molar refractivity (Wildman–Crippen MR) is 152 cm³/mol. The highest BCUT2D eigenvalue weighted by atomic mass is 19.1. The van der Waals surface area contributed by atoms with E-state index in [0.29, 0.717) is 5.69 Å². The molecule has 0 unspecified atom stereocenters. The lowest BCUT2D eigenvalue weighted by molar-refractivity contribution is 0.0692. The SMILES string of the molecule is CCCCc1ccc(C#Cc2ccc(CN(C(=O)NC3CCCCC3)c3ccc(F)c(C(=O)O)c3)cc2)cc1. The van der Waals surface area contributed by atoms with Crippen LogP contribution in [0.15, 0.2) is 66.7 Å². The number of halogens is 1. The summed E-state index contributed by atoms with van der Waals surface area (Å²) in [6.45, 7) is 2.39. The van der Waals surface area contributed by atoms with Crippen molar-refractivity contribution in [2.75, 3.05) is 4.90 Å². The fourth-order valence-corrected chi connectivity index (χ4v) is 4.78. The van der Waals surface area contributed by atoms with Crippen LogP contribution < -0.4 is 10.2 Å². The van der Waals surface area contributed by atoms with Gasteiger partial charge in [-0.3, -0.25) is 4.90 Å². The lowest BCUT2D eigenvalue weighted by atomic mass is 9.96. The van der Waals surface area contributed by atoms with E-state index in [0.717, 1.165) is 61.3 Å². The number of carboxylic acids is 1. The first kappa shape index (κ1) is 27.9. The number of unbranched alkanes of at least 4 members (excludes halogenated alkanes) is 1. The smallest absolute Gasteiger partial charge is 0.338 e. The molecule has 3 aromatic rings. The van der Waals surface area contributed by atoms with E-state index in [1.54, 1.807) is 0 Å². The maximum Gasteiger partial charge on any atom is 0.338 e. The van der Waals surface area contributed by atoms with Crippen LogP contribution in [-0.4, -0.2) is 23.1 Å². The van der Waals surface area contributed by atoms with Gasteiger partial charge in [0.05, 0.1) is 12.1 Å². The fraction of sp³-hybridized carbons (Fsp3) is 0.333. The number of hydrogen-bond acceptors (Lipinski definition) is 2. The topological polar surface area (TPSA) is 69.6 Å². The van der Waals surface area contributed by atoms with Crippen LogP contribution in [0.25, 0.3) is 0 Å². The number of carbonyl (C=O) groups is 2. The molecule has 1 saturated carbocycles. The molecule has 1 aliphatic carbocycles. The maximum atomic E-state index is 14.1. The van der Waals surface area contributed by atoms with Crippen molar-refractivity contribution >= 4 is 17.7 Å². The number of rotatable bonds is 8. The summed E-state index contributed by atoms with van der Waals surface area (Å²) < 4.78 is 14.1. The number of aromatic carboxylic acids is 1. The molecular formula is C33H35FN2O3. The van der Waals surface area contributed by atoms with Crippen molar-refractivity contribution in [1.82, 2.24) is 5.32 Å². The molecule has 1 aliphatic rings. The van der Waals surface area contributed by atoms with E-state index in [4.69, 9.17) is 0 Å². The quantitative estimate of drug-likeness (QED) is 0.302. The van der Waals surface area contributed by atoms with Crippen LogP contribution in [0.5, 0.6) is 0 Å². The average Bonchev–Trinajstić information content (AvgIpc) is 2.95. The molecule has 0 bridgehead atoms. The summed E-state index contributed by atoms with van der Waals surface area (Å²) in [5.41, 5.74) is 3.83. The van der Waals surface area contributed by atoms with Gasteiger partial charge in [-0.25, -0.2) is 14.0 Å². The Morgan fingerprint density at radius 1 is 0.923 bits per heavy atom. The summed E-state index contributed by atoms with van der Waals surface area (Å²) in [7, 11) is 0. The summed E-state index contributed by atoms with van der Waals surface area (Å²) in [6.07, 6.45) is 8.56. The minimum atomic E-state index is -1.37. The van der Waals surface area contributed by atoms with Gasteiger partial charge in [-0.2, -0.15) is 0 Å². The summed E-state index contributed by atoms with van der Waals surface area (Å²) in [4.78, 5) is 26.3. The summed E-state index contributed by atoms with van der Waals surface area (Å²) in [6, 6.07) is 19.5. The van der Waals surface area contributed by atoms with Crippen LogP contribution >= 0.6 is 0 Å². The van der Waals surface area contributed by atoms with Crippen LogP contribution in [0, 0.1) is 17.7 Å². The van der Waals surface area contributed by atoms with E-state index in [-0.39, 0.29) is 18.6 Å². The Morgan fingerprint density at radius 2 is 1.54 bits per heavy atom. The van der Waals surface area contributed by atoms with Gasteiger partial charge >= 0.3 is 12.0 Å². The van der Waals surface area contributed by atoms with Gasteiger partial charge in [0.1, 0.15) is 5.82 Å². The number of nitrogens with zero attached hydrogens (tertiary/aromatic N) is 1. The Bertz CT molecular complexity index is 1330. The Morgan fingerprint density at radius 3 is 2.13 bits per heavy atom. The molecule has 202 valence electrons. The van der Waals surface area contributed by atoms with Gasteiger partial charge < -0.3 is 10.4 Å². The van der Waals surface area contributed by atoms with E-state index < -0.39 is 17.3 Å². The maximum absolute atomic E-state index is 14.1. The summed E-state index contributed by atoms with van der Waals surface area (Å²) in [5, 5.41) is 12.5. The molecule has 0 spiro atoms. The number of amides is 2. The molecular weight excluding hydrogens is 491 g/mol. The van der Waals surface area contributed by atoms with E-state index in [1.807, 2.05) is 36.4 Å². The summed E-state index contributed by atoms with van der Waals surface area (Å²) >= 11 is 0. The molecule has 4 rings (SSSR count). The molecule has 0 saturated heterocycles. The largest absolute Gasteiger partial charge is 0.478 e. The number of hydrogen-bond donors (Lipinski definition) is 2. The highest BCUT2D eigenvalue weighted by Crippen LogP contribution is 2.23. The molecule has 5 nitrogen and oxygen atoms in total. The van der Waals surface area contributed by atoms with E-state index in [9.17, 15) is 19.1 Å². The lowest BCUT2D eigenvalue weighted by Crippen LogP contribution is -2.45. The monoisotopic (exact) mass is 526 g/mol. The van der Waals surface area contributed by atoms with Crippen molar-refractivity contribution in [3.05, 3.63) is 100 Å². The third-order valence-electron chi connectivity index (χ3n) is 7.09. The second kappa shape index (κ2) is 13.6. The second-order valence-electron chi connectivity index (χ2n) is 10.1. The number of anilines is 1. The molecule has 0 atom stereocenters. The fourth-order valence-electron chi connectivity index (χ4n) is 4.78. The molecule has 0 aliphatic heterocycles. The number of aryl methyl sites for hydroxylation is 1. The van der Waals surface area contributed by atoms with E-state index in [1.165, 1.54) is 35.4 Å². The van der Waals surface area contributed by atoms with Crippen molar-refractivity contribution in [3.8, 4) is 11.8 Å². The summed E-state index contributed by atoms with van der Waals surface area (Å²) in [5.74, 6) is 4.18. The predicted octanol–water partition coefficient (Wildman–Crippen LogP) is 7.32. The van der Waals surface area contributed by atoms with Gasteiger partial charge in [-0.05, 0) is 79.3 Å². The van der Waals surface area contributed by atoms with Crippen molar-refractivity contribution in [2.45, 2.75) is 70.9 Å². The number of carbonyl (C=O) groups excluding carboxylic acids is 1. The Hall–Kier alpha value is -4.11. The molecule has 39 heavy (non-hydrogen) atoms. The molecule has 0 aromatic heterocycles. The van der Waals surface area contributed by atoms with E-state index in [2.05, 4.69) is 36.2 Å². The normalized spacial score (nSPS) is 13.3. The number of benzene rings is 3. The Kier molecular flexibility index (Phi) is 9.74. The van der Waals surface area contributed by atoms with Gasteiger partial charge in [-0.15, -0.1) is 0 Å². The standard InChI is InChI=1S/C33H35FN2O3/c1-2-3-7-24-10-12-25(13-11-24)14-15-26-16-18-27(19-17-26)23-36(33(39)35-28-8-5-4-6-9-28)29-20-21-31(34)30(22-29)32(37)38/h10-13,16-22,28H,2-9,23H2,1H3,(H,35,39)(H,37,38). The first-order valence-corrected chi connectivity index (χ1v) is 13.7. The first-order valence-electron chi connectivity index (χ1n) is 13.7. The minimum absolute atomic E-state index is 0.0755. The zero-order valence-corrected chi connectivity index (χ0v) is 22.4. The van der Waals surface area contributed by atoms with Gasteiger partial charge in [0, 0.05) is 22.9 Å².